The Bertz CT molecular complexity index is 1530. The molecule has 5 rings (SSSR count). The number of hydrogen-bond acceptors (Lipinski definition) is 6. The van der Waals surface area contributed by atoms with Crippen LogP contribution < -0.4 is 10.2 Å². The number of aryl methyl sites for hydroxylation is 1. The third-order valence-electron chi connectivity index (χ3n) is 6.51. The smallest absolute Gasteiger partial charge is 0.389 e. The number of amides is 1. The van der Waals surface area contributed by atoms with Gasteiger partial charge in [-0.1, -0.05) is 18.2 Å². The molecule has 3 heterocycles. The molecule has 1 amide bonds. The van der Waals surface area contributed by atoms with E-state index in [9.17, 15) is 23.1 Å². The molecule has 11 heteroatoms. The van der Waals surface area contributed by atoms with Crippen LogP contribution in [0.5, 0.6) is 0 Å². The lowest BCUT2D eigenvalue weighted by atomic mass is 9.95. The summed E-state index contributed by atoms with van der Waals surface area (Å²) < 4.78 is 42.7. The van der Waals surface area contributed by atoms with Gasteiger partial charge in [0.1, 0.15) is 18.0 Å². The summed E-state index contributed by atoms with van der Waals surface area (Å²) >= 11 is 0. The van der Waals surface area contributed by atoms with Gasteiger partial charge in [0.05, 0.1) is 18.2 Å². The number of carbonyl (C=O) groups excluding carboxylic acids is 1. The topological polar surface area (TPSA) is 96.2 Å². The predicted octanol–water partition coefficient (Wildman–Crippen LogP) is 5.21. The third kappa shape index (κ3) is 4.49. The first-order valence-electron chi connectivity index (χ1n) is 12.0. The summed E-state index contributed by atoms with van der Waals surface area (Å²) in [6.07, 6.45) is -3.73. The molecule has 1 unspecified atom stereocenters. The summed E-state index contributed by atoms with van der Waals surface area (Å²) in [5, 5.41) is 21.5. The number of aliphatic hydroxyl groups is 1. The van der Waals surface area contributed by atoms with Gasteiger partial charge >= 0.3 is 6.18 Å². The quantitative estimate of drug-likeness (QED) is 0.361. The van der Waals surface area contributed by atoms with Crippen molar-refractivity contribution < 1.29 is 23.1 Å². The van der Waals surface area contributed by atoms with Crippen LogP contribution in [0.3, 0.4) is 0 Å². The van der Waals surface area contributed by atoms with E-state index in [1.54, 1.807) is 43.1 Å². The minimum Gasteiger partial charge on any atom is -0.389 e. The first-order chi connectivity index (χ1) is 18.1. The molecular formula is C27H25F3N6O2. The Morgan fingerprint density at radius 2 is 1.89 bits per heavy atom. The molecule has 38 heavy (non-hydrogen) atoms. The number of aliphatic hydroxyl groups excluding tert-OH is 1. The maximum Gasteiger partial charge on any atom is 0.416 e. The highest BCUT2D eigenvalue weighted by Crippen LogP contribution is 2.40. The molecule has 196 valence electrons. The lowest BCUT2D eigenvalue weighted by Gasteiger charge is -2.19. The molecule has 1 atom stereocenters. The van der Waals surface area contributed by atoms with Gasteiger partial charge in [0, 0.05) is 24.7 Å². The van der Waals surface area contributed by atoms with Crippen molar-refractivity contribution in [3.8, 4) is 22.5 Å². The van der Waals surface area contributed by atoms with Crippen LogP contribution in [-0.4, -0.2) is 37.3 Å². The second-order valence-corrected chi connectivity index (χ2v) is 9.10. The molecule has 4 aromatic rings. The van der Waals surface area contributed by atoms with Gasteiger partial charge in [-0.2, -0.15) is 13.2 Å². The number of halogens is 3. The summed E-state index contributed by atoms with van der Waals surface area (Å²) in [5.74, 6) is 0.695. The van der Waals surface area contributed by atoms with Crippen LogP contribution in [0.4, 0.5) is 24.8 Å². The number of aromatic nitrogens is 4. The van der Waals surface area contributed by atoms with Crippen molar-refractivity contribution in [3.05, 3.63) is 77.1 Å². The van der Waals surface area contributed by atoms with Crippen molar-refractivity contribution in [2.45, 2.75) is 32.7 Å². The van der Waals surface area contributed by atoms with E-state index < -0.39 is 23.8 Å². The Morgan fingerprint density at radius 3 is 2.55 bits per heavy atom. The predicted molar refractivity (Wildman–Crippen MR) is 136 cm³/mol. The number of benzene rings is 2. The summed E-state index contributed by atoms with van der Waals surface area (Å²) in [4.78, 5) is 19.1. The van der Waals surface area contributed by atoms with E-state index in [-0.39, 0.29) is 23.5 Å². The van der Waals surface area contributed by atoms with Gasteiger partial charge in [-0.3, -0.25) is 9.69 Å². The van der Waals surface area contributed by atoms with Crippen LogP contribution in [0.1, 0.15) is 47.0 Å². The number of nitrogens with one attached hydrogen (secondary N) is 1. The van der Waals surface area contributed by atoms with Gasteiger partial charge in [-0.05, 0) is 66.4 Å². The fourth-order valence-corrected chi connectivity index (χ4v) is 4.65. The molecule has 2 aromatic carbocycles. The number of fused-ring (bicyclic) bond motifs is 1. The molecule has 8 nitrogen and oxygen atoms in total. The lowest BCUT2D eigenvalue weighted by molar-refractivity contribution is -0.138. The SMILES string of the molecule is CCNc1cc(-c2ccc(C(C)O)cc2-c2nncn2C)cc(N2Cc3c(cccc3C(F)(F)F)C2=O)n1. The number of hydrogen-bond donors (Lipinski definition) is 2. The van der Waals surface area contributed by atoms with Gasteiger partial charge in [0.25, 0.3) is 5.91 Å². The van der Waals surface area contributed by atoms with Crippen molar-refractivity contribution in [2.75, 3.05) is 16.8 Å². The lowest BCUT2D eigenvalue weighted by Crippen LogP contribution is -2.24. The van der Waals surface area contributed by atoms with E-state index in [0.717, 1.165) is 11.6 Å². The highest BCUT2D eigenvalue weighted by atomic mass is 19.4. The second-order valence-electron chi connectivity index (χ2n) is 9.10. The van der Waals surface area contributed by atoms with Crippen LogP contribution in [0.2, 0.25) is 0 Å². The molecule has 0 radical (unpaired) electrons. The van der Waals surface area contributed by atoms with E-state index in [1.807, 2.05) is 19.1 Å². The summed E-state index contributed by atoms with van der Waals surface area (Å²) in [6.45, 7) is 3.85. The second kappa shape index (κ2) is 9.56. The summed E-state index contributed by atoms with van der Waals surface area (Å²) in [7, 11) is 1.80. The molecule has 0 aliphatic carbocycles. The highest BCUT2D eigenvalue weighted by Gasteiger charge is 2.40. The van der Waals surface area contributed by atoms with E-state index in [0.29, 0.717) is 34.9 Å². The molecule has 1 aliphatic rings. The van der Waals surface area contributed by atoms with Crippen LogP contribution in [-0.2, 0) is 19.8 Å². The monoisotopic (exact) mass is 522 g/mol. The van der Waals surface area contributed by atoms with Crippen molar-refractivity contribution in [1.29, 1.82) is 0 Å². The van der Waals surface area contributed by atoms with Crippen molar-refractivity contribution in [1.82, 2.24) is 19.7 Å². The average molecular weight is 523 g/mol. The number of carbonyl (C=O) groups is 1. The minimum absolute atomic E-state index is 0.0121. The van der Waals surface area contributed by atoms with Gasteiger partial charge in [0.2, 0.25) is 0 Å². The maximum atomic E-state index is 13.7. The van der Waals surface area contributed by atoms with Crippen LogP contribution in [0, 0.1) is 0 Å². The van der Waals surface area contributed by atoms with Crippen LogP contribution in [0.25, 0.3) is 22.5 Å². The number of pyridine rings is 1. The molecule has 0 spiro atoms. The zero-order valence-corrected chi connectivity index (χ0v) is 20.9. The van der Waals surface area contributed by atoms with Gasteiger partial charge in [-0.25, -0.2) is 4.98 Å². The molecule has 1 aliphatic heterocycles. The Balaban J connectivity index is 1.65. The first kappa shape index (κ1) is 25.4. The van der Waals surface area contributed by atoms with Crippen molar-refractivity contribution in [3.63, 3.8) is 0 Å². The van der Waals surface area contributed by atoms with Crippen LogP contribution in [0.15, 0.2) is 54.9 Å². The molecule has 0 bridgehead atoms. The Kier molecular flexibility index (Phi) is 6.39. The summed E-state index contributed by atoms with van der Waals surface area (Å²) in [6, 6.07) is 12.6. The third-order valence-corrected chi connectivity index (χ3v) is 6.51. The number of alkyl halides is 3. The van der Waals surface area contributed by atoms with E-state index in [1.165, 1.54) is 17.0 Å². The van der Waals surface area contributed by atoms with E-state index >= 15 is 0 Å². The molecule has 2 N–H and O–H groups in total. The average Bonchev–Trinajstić information content (AvgIpc) is 3.46. The molecule has 0 saturated carbocycles. The fourth-order valence-electron chi connectivity index (χ4n) is 4.65. The Labute approximate surface area is 216 Å². The van der Waals surface area contributed by atoms with Crippen LogP contribution >= 0.6 is 0 Å². The number of anilines is 2. The van der Waals surface area contributed by atoms with E-state index in [4.69, 9.17) is 0 Å². The maximum absolute atomic E-state index is 13.7. The number of rotatable bonds is 6. The highest BCUT2D eigenvalue weighted by molar-refractivity contribution is 6.10. The Hall–Kier alpha value is -4.25. The molecule has 2 aromatic heterocycles. The zero-order valence-electron chi connectivity index (χ0n) is 20.9. The standard InChI is InChI=1S/C27H25F3N6O2/c1-4-31-23-11-17(18-9-8-16(15(2)37)10-20(18)25-34-32-14-35(25)3)12-24(33-23)36-13-21-19(26(36)38)6-5-7-22(21)27(28,29)30/h5-12,14-15,37H,4,13H2,1-3H3,(H,31,33). The Morgan fingerprint density at radius 1 is 1.11 bits per heavy atom. The van der Waals surface area contributed by atoms with Gasteiger partial charge in [0.15, 0.2) is 5.82 Å². The minimum atomic E-state index is -4.58. The summed E-state index contributed by atoms with van der Waals surface area (Å²) in [5.41, 5.74) is 1.89. The van der Waals surface area contributed by atoms with E-state index in [2.05, 4.69) is 20.5 Å². The normalized spacial score (nSPS) is 14.1. The van der Waals surface area contributed by atoms with Gasteiger partial charge in [-0.15, -0.1) is 10.2 Å². The van der Waals surface area contributed by atoms with Gasteiger partial charge < -0.3 is 15.0 Å². The largest absolute Gasteiger partial charge is 0.416 e. The fraction of sp³-hybridized carbons (Fsp3) is 0.259. The van der Waals surface area contributed by atoms with Crippen molar-refractivity contribution in [2.24, 2.45) is 7.05 Å². The zero-order chi connectivity index (χ0) is 27.2. The molecular weight excluding hydrogens is 497 g/mol. The number of nitrogens with zero attached hydrogens (tertiary/aromatic N) is 5. The first-order valence-corrected chi connectivity index (χ1v) is 12.0. The van der Waals surface area contributed by atoms with Crippen molar-refractivity contribution >= 4 is 17.5 Å². The molecule has 0 fully saturated rings. The molecule has 0 saturated heterocycles.